The zero-order valence-electron chi connectivity index (χ0n) is 10.7. The summed E-state index contributed by atoms with van der Waals surface area (Å²) in [6, 6.07) is 16.0. The Morgan fingerprint density at radius 2 is 1.95 bits per heavy atom. The minimum Gasteiger partial charge on any atom is -0.280 e. The lowest BCUT2D eigenvalue weighted by Gasteiger charge is -1.93. The Bertz CT molecular complexity index is 682. The van der Waals surface area contributed by atoms with Crippen molar-refractivity contribution < 1.29 is 4.92 Å². The molecule has 98 valence electrons. The minimum absolute atomic E-state index is 0.0596. The first-order valence-electron chi connectivity index (χ1n) is 6.04. The lowest BCUT2D eigenvalue weighted by Crippen LogP contribution is -1.89. The number of non-ortho nitro benzene ring substituents is 1. The number of hydrogen-bond acceptors (Lipinski definition) is 3. The number of nitro groups is 1. The summed E-state index contributed by atoms with van der Waals surface area (Å²) in [5.74, 6) is 5.92. The fourth-order valence-electron chi connectivity index (χ4n) is 1.58. The highest BCUT2D eigenvalue weighted by Gasteiger charge is 2.03. The summed E-state index contributed by atoms with van der Waals surface area (Å²) in [5.41, 5.74) is 1.70. The number of nitro benzene ring substituents is 1. The van der Waals surface area contributed by atoms with Gasteiger partial charge in [-0.1, -0.05) is 42.2 Å². The molecule has 0 heterocycles. The molecule has 0 aliphatic heterocycles. The largest absolute Gasteiger partial charge is 0.280 e. The van der Waals surface area contributed by atoms with E-state index in [4.69, 9.17) is 0 Å². The van der Waals surface area contributed by atoms with Crippen LogP contribution in [0.4, 0.5) is 5.69 Å². The topological polar surface area (TPSA) is 55.5 Å². The minimum atomic E-state index is -0.424. The van der Waals surface area contributed by atoms with Crippen molar-refractivity contribution in [3.63, 3.8) is 0 Å². The van der Waals surface area contributed by atoms with Gasteiger partial charge in [0.1, 0.15) is 6.54 Å². The monoisotopic (exact) mass is 264 g/mol. The van der Waals surface area contributed by atoms with Crippen LogP contribution in [0.5, 0.6) is 0 Å². The Labute approximate surface area is 116 Å². The Morgan fingerprint density at radius 1 is 1.15 bits per heavy atom. The summed E-state index contributed by atoms with van der Waals surface area (Å²) in [4.78, 5) is 14.3. The second kappa shape index (κ2) is 6.86. The molecule has 0 aliphatic rings. The molecular formula is C16H12N2O2. The molecule has 4 nitrogen and oxygen atoms in total. The van der Waals surface area contributed by atoms with Crippen LogP contribution in [0.3, 0.4) is 0 Å². The molecule has 20 heavy (non-hydrogen) atoms. The lowest BCUT2D eigenvalue weighted by atomic mass is 10.2. The van der Waals surface area contributed by atoms with Crippen molar-refractivity contribution in [2.75, 3.05) is 6.54 Å². The van der Waals surface area contributed by atoms with E-state index in [1.54, 1.807) is 18.3 Å². The zero-order chi connectivity index (χ0) is 14.2. The van der Waals surface area contributed by atoms with Crippen LogP contribution in [-0.2, 0) is 0 Å². The average Bonchev–Trinajstić information content (AvgIpc) is 2.48. The zero-order valence-corrected chi connectivity index (χ0v) is 10.7. The third kappa shape index (κ3) is 4.07. The van der Waals surface area contributed by atoms with Gasteiger partial charge in [0.2, 0.25) is 0 Å². The van der Waals surface area contributed by atoms with E-state index in [0.717, 1.165) is 5.56 Å². The first kappa shape index (κ1) is 13.5. The van der Waals surface area contributed by atoms with Crippen molar-refractivity contribution in [3.05, 3.63) is 75.8 Å². The molecule has 0 fully saturated rings. The van der Waals surface area contributed by atoms with Crippen molar-refractivity contribution in [3.8, 4) is 11.8 Å². The van der Waals surface area contributed by atoms with Gasteiger partial charge >= 0.3 is 0 Å². The molecule has 2 rings (SSSR count). The molecule has 0 unspecified atom stereocenters. The fraction of sp³-hybridized carbons (Fsp3) is 0.0625. The van der Waals surface area contributed by atoms with E-state index in [1.807, 2.05) is 30.3 Å². The van der Waals surface area contributed by atoms with Gasteiger partial charge in [0, 0.05) is 23.9 Å². The van der Waals surface area contributed by atoms with Gasteiger partial charge < -0.3 is 0 Å². The molecule has 4 heteroatoms. The maximum absolute atomic E-state index is 10.6. The Morgan fingerprint density at radius 3 is 2.70 bits per heavy atom. The van der Waals surface area contributed by atoms with Crippen molar-refractivity contribution in [1.29, 1.82) is 0 Å². The first-order valence-corrected chi connectivity index (χ1v) is 6.04. The van der Waals surface area contributed by atoms with Gasteiger partial charge in [-0.25, -0.2) is 0 Å². The number of aliphatic imine (C=N–C) groups is 1. The predicted molar refractivity (Wildman–Crippen MR) is 78.9 cm³/mol. The van der Waals surface area contributed by atoms with Crippen LogP contribution < -0.4 is 0 Å². The van der Waals surface area contributed by atoms with E-state index in [0.29, 0.717) is 12.1 Å². The Balaban J connectivity index is 1.96. The Hall–Kier alpha value is -2.93. The molecule has 0 aliphatic carbocycles. The molecule has 0 bridgehead atoms. The molecular weight excluding hydrogens is 252 g/mol. The van der Waals surface area contributed by atoms with Gasteiger partial charge in [-0.15, -0.1) is 0 Å². The maximum atomic E-state index is 10.6. The standard InChI is InChI=1S/C16H12N2O2/c19-18(20)16-10-4-8-15(12-16)13-17-11-5-9-14-6-2-1-3-7-14/h1-4,6-8,10,12-13H,11H2/b17-13+. The highest BCUT2D eigenvalue weighted by molar-refractivity contribution is 5.80. The molecule has 0 amide bonds. The number of nitrogens with zero attached hydrogens (tertiary/aromatic N) is 2. The predicted octanol–water partition coefficient (Wildman–Crippen LogP) is 3.07. The maximum Gasteiger partial charge on any atom is 0.270 e. The number of rotatable bonds is 3. The Kier molecular flexibility index (Phi) is 4.63. The van der Waals surface area contributed by atoms with E-state index in [2.05, 4.69) is 16.8 Å². The van der Waals surface area contributed by atoms with Crippen molar-refractivity contribution in [2.45, 2.75) is 0 Å². The first-order chi connectivity index (χ1) is 9.75. The van der Waals surface area contributed by atoms with Gasteiger partial charge in [-0.2, -0.15) is 0 Å². The molecule has 0 saturated carbocycles. The van der Waals surface area contributed by atoms with Crippen LogP contribution >= 0.6 is 0 Å². The van der Waals surface area contributed by atoms with E-state index in [1.165, 1.54) is 12.1 Å². The third-order valence-electron chi connectivity index (χ3n) is 2.50. The van der Waals surface area contributed by atoms with Crippen LogP contribution in [0.2, 0.25) is 0 Å². The molecule has 0 radical (unpaired) electrons. The van der Waals surface area contributed by atoms with Gasteiger partial charge in [0.25, 0.3) is 5.69 Å². The van der Waals surface area contributed by atoms with Crippen molar-refractivity contribution in [1.82, 2.24) is 0 Å². The summed E-state index contributed by atoms with van der Waals surface area (Å²) in [6.07, 6.45) is 1.59. The summed E-state index contributed by atoms with van der Waals surface area (Å²) in [6.45, 7) is 0.359. The van der Waals surface area contributed by atoms with Crippen molar-refractivity contribution in [2.24, 2.45) is 4.99 Å². The average molecular weight is 264 g/mol. The van der Waals surface area contributed by atoms with Crippen LogP contribution in [0.25, 0.3) is 0 Å². The third-order valence-corrected chi connectivity index (χ3v) is 2.50. The lowest BCUT2D eigenvalue weighted by molar-refractivity contribution is -0.384. The summed E-state index contributed by atoms with van der Waals surface area (Å²) in [5, 5.41) is 10.6. The number of benzene rings is 2. The van der Waals surface area contributed by atoms with E-state index in [9.17, 15) is 10.1 Å². The molecule has 0 aromatic heterocycles. The SMILES string of the molecule is O=[N+]([O-])c1cccc(/C=N/CC#Cc2ccccc2)c1. The van der Waals surface area contributed by atoms with Gasteiger partial charge in [0.15, 0.2) is 0 Å². The van der Waals surface area contributed by atoms with E-state index >= 15 is 0 Å². The highest BCUT2D eigenvalue weighted by Crippen LogP contribution is 2.11. The van der Waals surface area contributed by atoms with Crippen LogP contribution in [-0.4, -0.2) is 17.7 Å². The van der Waals surface area contributed by atoms with Crippen molar-refractivity contribution >= 4 is 11.9 Å². The molecule has 0 saturated heterocycles. The normalized spacial score (nSPS) is 10.0. The highest BCUT2D eigenvalue weighted by atomic mass is 16.6. The summed E-state index contributed by atoms with van der Waals surface area (Å²) in [7, 11) is 0. The summed E-state index contributed by atoms with van der Waals surface area (Å²) < 4.78 is 0. The molecule has 2 aromatic carbocycles. The van der Waals surface area contributed by atoms with Crippen LogP contribution in [0.15, 0.2) is 59.6 Å². The van der Waals surface area contributed by atoms with E-state index in [-0.39, 0.29) is 5.69 Å². The molecule has 0 atom stereocenters. The van der Waals surface area contributed by atoms with Crippen LogP contribution in [0.1, 0.15) is 11.1 Å². The quantitative estimate of drug-likeness (QED) is 0.370. The second-order valence-corrected chi connectivity index (χ2v) is 3.99. The van der Waals surface area contributed by atoms with E-state index < -0.39 is 4.92 Å². The van der Waals surface area contributed by atoms with Crippen LogP contribution in [0, 0.1) is 22.0 Å². The smallest absolute Gasteiger partial charge is 0.270 e. The molecule has 2 aromatic rings. The summed E-state index contributed by atoms with van der Waals surface area (Å²) >= 11 is 0. The molecule has 0 spiro atoms. The molecule has 0 N–H and O–H groups in total. The van der Waals surface area contributed by atoms with Gasteiger partial charge in [0.05, 0.1) is 4.92 Å². The fourth-order valence-corrected chi connectivity index (χ4v) is 1.58. The van der Waals surface area contributed by atoms with Gasteiger partial charge in [-0.05, 0) is 17.7 Å². The van der Waals surface area contributed by atoms with Gasteiger partial charge in [-0.3, -0.25) is 15.1 Å². The second-order valence-electron chi connectivity index (χ2n) is 3.99. The number of hydrogen-bond donors (Lipinski definition) is 0.